The zero-order valence-electron chi connectivity index (χ0n) is 11.5. The molecule has 0 atom stereocenters. The molecule has 0 bridgehead atoms. The molecule has 0 amide bonds. The average molecular weight is 403 g/mol. The number of ether oxygens (including phenoxy) is 2. The zero-order valence-corrected chi connectivity index (χ0v) is 13.7. The van der Waals surface area contributed by atoms with Crippen LogP contribution in [0.15, 0.2) is 12.1 Å². The number of aromatic nitrogens is 3. The van der Waals surface area contributed by atoms with Crippen molar-refractivity contribution in [1.29, 1.82) is 0 Å². The normalized spacial score (nSPS) is 10.4. The monoisotopic (exact) mass is 403 g/mol. The summed E-state index contributed by atoms with van der Waals surface area (Å²) in [4.78, 5) is 11.8. The first-order valence-corrected chi connectivity index (χ1v) is 7.39. The van der Waals surface area contributed by atoms with Crippen LogP contribution in [0.3, 0.4) is 0 Å². The molecule has 7 nitrogen and oxygen atoms in total. The lowest BCUT2D eigenvalue weighted by Gasteiger charge is -2.09. The van der Waals surface area contributed by atoms with Crippen molar-refractivity contribution in [3.63, 3.8) is 0 Å². The highest BCUT2D eigenvalue weighted by Gasteiger charge is 2.21. The Bertz CT molecular complexity index is 657. The molecule has 2 rings (SSSR count). The first kappa shape index (κ1) is 15.5. The summed E-state index contributed by atoms with van der Waals surface area (Å²) in [6.07, 6.45) is 0. The summed E-state index contributed by atoms with van der Waals surface area (Å²) in [7, 11) is 0. The van der Waals surface area contributed by atoms with Crippen molar-refractivity contribution in [2.24, 2.45) is 0 Å². The average Bonchev–Trinajstić information content (AvgIpc) is 2.93. The van der Waals surface area contributed by atoms with Gasteiger partial charge in [-0.2, -0.15) is 10.3 Å². The minimum absolute atomic E-state index is 0.0578. The lowest BCUT2D eigenvalue weighted by atomic mass is 10.1. The number of phenolic OH excluding ortho intramolecular Hbond substituents is 1. The van der Waals surface area contributed by atoms with Crippen molar-refractivity contribution in [2.45, 2.75) is 13.8 Å². The number of hydrogen-bond donors (Lipinski definition) is 2. The van der Waals surface area contributed by atoms with E-state index in [9.17, 15) is 9.90 Å². The lowest BCUT2D eigenvalue weighted by Crippen LogP contribution is -2.07. The van der Waals surface area contributed by atoms with Crippen LogP contribution in [0.4, 0.5) is 0 Å². The topological polar surface area (TPSA) is 97.3 Å². The van der Waals surface area contributed by atoms with Gasteiger partial charge in [-0.1, -0.05) is 0 Å². The molecule has 0 saturated heterocycles. The highest BCUT2D eigenvalue weighted by Crippen LogP contribution is 2.36. The third-order valence-electron chi connectivity index (χ3n) is 2.62. The van der Waals surface area contributed by atoms with E-state index in [1.54, 1.807) is 19.1 Å². The SMILES string of the molecule is CCOC(=O)c1n[nH]nc1-c1cc(I)c(O)c(OCC)c1. The molecule has 0 aliphatic rings. The molecule has 0 spiro atoms. The van der Waals surface area contributed by atoms with Gasteiger partial charge < -0.3 is 14.6 Å². The number of nitrogens with zero attached hydrogens (tertiary/aromatic N) is 2. The van der Waals surface area contributed by atoms with E-state index in [2.05, 4.69) is 15.4 Å². The van der Waals surface area contributed by atoms with E-state index in [0.717, 1.165) is 0 Å². The summed E-state index contributed by atoms with van der Waals surface area (Å²) in [5.41, 5.74) is 1.06. The first-order valence-electron chi connectivity index (χ1n) is 6.32. The van der Waals surface area contributed by atoms with Crippen LogP contribution in [-0.4, -0.2) is 39.7 Å². The Balaban J connectivity index is 2.48. The second kappa shape index (κ2) is 6.74. The number of hydrogen-bond acceptors (Lipinski definition) is 6. The lowest BCUT2D eigenvalue weighted by molar-refractivity contribution is 0.0520. The maximum atomic E-state index is 11.8. The van der Waals surface area contributed by atoms with E-state index < -0.39 is 5.97 Å². The van der Waals surface area contributed by atoms with E-state index in [1.807, 2.05) is 29.5 Å². The van der Waals surface area contributed by atoms with Gasteiger partial charge in [0.05, 0.1) is 16.8 Å². The molecule has 112 valence electrons. The Morgan fingerprint density at radius 2 is 2.10 bits per heavy atom. The summed E-state index contributed by atoms with van der Waals surface area (Å²) < 4.78 is 10.9. The van der Waals surface area contributed by atoms with Crippen LogP contribution in [0, 0.1) is 3.57 Å². The van der Waals surface area contributed by atoms with Crippen LogP contribution in [0.1, 0.15) is 24.3 Å². The fraction of sp³-hybridized carbons (Fsp3) is 0.308. The predicted octanol–water partition coefficient (Wildman–Crippen LogP) is 2.36. The highest BCUT2D eigenvalue weighted by atomic mass is 127. The number of benzene rings is 1. The van der Waals surface area contributed by atoms with Crippen LogP contribution in [-0.2, 0) is 4.74 Å². The van der Waals surface area contributed by atoms with Crippen LogP contribution in [0.25, 0.3) is 11.3 Å². The standard InChI is InChI=1S/C13H14IN3O4/c1-3-20-9-6-7(5-8(14)12(9)18)10-11(16-17-15-10)13(19)21-4-2/h5-6,18H,3-4H2,1-2H3,(H,15,16,17). The highest BCUT2D eigenvalue weighted by molar-refractivity contribution is 14.1. The molecule has 1 aromatic carbocycles. The molecule has 0 radical (unpaired) electrons. The fourth-order valence-corrected chi connectivity index (χ4v) is 2.35. The number of rotatable bonds is 5. The molecule has 2 aromatic rings. The maximum absolute atomic E-state index is 11.8. The van der Waals surface area contributed by atoms with Gasteiger partial charge in [-0.3, -0.25) is 0 Å². The Morgan fingerprint density at radius 3 is 2.76 bits per heavy atom. The number of carbonyl (C=O) groups is 1. The smallest absolute Gasteiger partial charge is 0.361 e. The summed E-state index contributed by atoms with van der Waals surface area (Å²) >= 11 is 1.98. The zero-order chi connectivity index (χ0) is 15.4. The third-order valence-corrected chi connectivity index (χ3v) is 3.44. The van der Waals surface area contributed by atoms with Gasteiger partial charge in [0.1, 0.15) is 5.69 Å². The number of H-pyrrole nitrogens is 1. The van der Waals surface area contributed by atoms with Gasteiger partial charge in [0.15, 0.2) is 17.2 Å². The minimum atomic E-state index is -0.553. The maximum Gasteiger partial charge on any atom is 0.361 e. The van der Waals surface area contributed by atoms with Crippen molar-refractivity contribution in [3.05, 3.63) is 21.4 Å². The Kier molecular flexibility index (Phi) is 4.99. The van der Waals surface area contributed by atoms with Gasteiger partial charge >= 0.3 is 5.97 Å². The number of aromatic hydroxyl groups is 1. The largest absolute Gasteiger partial charge is 0.504 e. The predicted molar refractivity (Wildman–Crippen MR) is 83.3 cm³/mol. The van der Waals surface area contributed by atoms with E-state index >= 15 is 0 Å². The number of nitrogens with one attached hydrogen (secondary N) is 1. The van der Waals surface area contributed by atoms with Gasteiger partial charge in [-0.25, -0.2) is 4.79 Å². The number of carbonyl (C=O) groups excluding carboxylic acids is 1. The molecule has 0 aliphatic heterocycles. The van der Waals surface area contributed by atoms with E-state index in [4.69, 9.17) is 9.47 Å². The van der Waals surface area contributed by atoms with E-state index in [1.165, 1.54) is 0 Å². The van der Waals surface area contributed by atoms with Crippen LogP contribution >= 0.6 is 22.6 Å². The minimum Gasteiger partial charge on any atom is -0.504 e. The molecule has 0 unspecified atom stereocenters. The van der Waals surface area contributed by atoms with Crippen molar-refractivity contribution in [2.75, 3.05) is 13.2 Å². The number of halogens is 1. The molecule has 1 aromatic heterocycles. The molecular weight excluding hydrogens is 389 g/mol. The first-order chi connectivity index (χ1) is 10.1. The van der Waals surface area contributed by atoms with Crippen molar-refractivity contribution in [1.82, 2.24) is 15.4 Å². The molecule has 1 heterocycles. The number of aromatic amines is 1. The Labute approximate surface area is 134 Å². The van der Waals surface area contributed by atoms with Gasteiger partial charge in [0.25, 0.3) is 0 Å². The van der Waals surface area contributed by atoms with Crippen molar-refractivity contribution < 1.29 is 19.4 Å². The second-order valence-corrected chi connectivity index (χ2v) is 5.14. The second-order valence-electron chi connectivity index (χ2n) is 3.98. The van der Waals surface area contributed by atoms with Gasteiger partial charge in [-0.05, 0) is 48.6 Å². The molecule has 0 fully saturated rings. The van der Waals surface area contributed by atoms with Crippen molar-refractivity contribution >= 4 is 28.6 Å². The number of esters is 1. The van der Waals surface area contributed by atoms with Crippen LogP contribution in [0.2, 0.25) is 0 Å². The van der Waals surface area contributed by atoms with Gasteiger partial charge in [0, 0.05) is 5.56 Å². The summed E-state index contributed by atoms with van der Waals surface area (Å²) in [5.74, 6) is -0.165. The van der Waals surface area contributed by atoms with Crippen molar-refractivity contribution in [3.8, 4) is 22.8 Å². The molecule has 8 heteroatoms. The molecule has 0 saturated carbocycles. The van der Waals surface area contributed by atoms with Gasteiger partial charge in [0.2, 0.25) is 0 Å². The number of phenols is 1. The summed E-state index contributed by atoms with van der Waals surface area (Å²) in [5, 5.41) is 20.2. The van der Waals surface area contributed by atoms with Crippen LogP contribution in [0.5, 0.6) is 11.5 Å². The molecule has 21 heavy (non-hydrogen) atoms. The Hall–Kier alpha value is -1.84. The third kappa shape index (κ3) is 3.26. The molecular formula is C13H14IN3O4. The molecule has 2 N–H and O–H groups in total. The summed E-state index contributed by atoms with van der Waals surface area (Å²) in [6.45, 7) is 4.20. The van der Waals surface area contributed by atoms with Gasteiger partial charge in [-0.15, -0.1) is 5.10 Å². The van der Waals surface area contributed by atoms with Crippen LogP contribution < -0.4 is 4.74 Å². The summed E-state index contributed by atoms with van der Waals surface area (Å²) in [6, 6.07) is 3.31. The quantitative estimate of drug-likeness (QED) is 0.588. The fourth-order valence-electron chi connectivity index (χ4n) is 1.75. The van der Waals surface area contributed by atoms with E-state index in [-0.39, 0.29) is 18.1 Å². The Morgan fingerprint density at radius 1 is 1.33 bits per heavy atom. The van der Waals surface area contributed by atoms with E-state index in [0.29, 0.717) is 27.2 Å². The molecule has 0 aliphatic carbocycles.